The SMILES string of the molecule is O=[C-]ON(S)S.[CH2-]c1ccccc1.[CH2-]c1ccccc1.[Zn]. The molecule has 0 aliphatic carbocycles. The molecule has 2 rings (SSSR count). The molecule has 0 amide bonds. The van der Waals surface area contributed by atoms with Crippen molar-refractivity contribution in [3.8, 4) is 0 Å². The molecule has 0 aliphatic rings. The summed E-state index contributed by atoms with van der Waals surface area (Å²) in [6, 6.07) is 19.7. The molecule has 0 aliphatic heterocycles. The van der Waals surface area contributed by atoms with Crippen LogP contribution < -0.4 is 0 Å². The molecule has 0 fully saturated rings. The van der Waals surface area contributed by atoms with Gasteiger partial charge in [-0.2, -0.15) is 49.2 Å². The third-order valence-electron chi connectivity index (χ3n) is 1.80. The third-order valence-corrected chi connectivity index (χ3v) is 1.97. The molecule has 0 saturated heterocycles. The van der Waals surface area contributed by atoms with E-state index in [1.807, 2.05) is 60.7 Å². The van der Waals surface area contributed by atoms with Crippen molar-refractivity contribution in [1.29, 1.82) is 0 Å². The van der Waals surface area contributed by atoms with Crippen LogP contribution in [0.3, 0.4) is 0 Å². The molecule has 0 radical (unpaired) electrons. The van der Waals surface area contributed by atoms with E-state index in [0.717, 1.165) is 17.6 Å². The van der Waals surface area contributed by atoms with Gasteiger partial charge in [-0.1, -0.05) is 16.0 Å². The van der Waals surface area contributed by atoms with Crippen LogP contribution in [0.1, 0.15) is 11.1 Å². The Morgan fingerprint density at radius 3 is 1.29 bits per heavy atom. The predicted octanol–water partition coefficient (Wildman–Crippen LogP) is 3.71. The van der Waals surface area contributed by atoms with Gasteiger partial charge in [-0.3, -0.25) is 0 Å². The number of thiol groups is 2. The number of rotatable bonds is 2. The summed E-state index contributed by atoms with van der Waals surface area (Å²) in [6.45, 7) is 8.53. The summed E-state index contributed by atoms with van der Waals surface area (Å²) < 4.78 is 0.646. The first-order chi connectivity index (χ1) is 9.56. The van der Waals surface area contributed by atoms with E-state index in [0.29, 0.717) is 3.87 Å². The van der Waals surface area contributed by atoms with E-state index in [2.05, 4.69) is 44.3 Å². The molecule has 3 nitrogen and oxygen atoms in total. The van der Waals surface area contributed by atoms with Gasteiger partial charge in [-0.05, 0) is 32.1 Å². The smallest absolute Gasteiger partial charge is 0 e. The fourth-order valence-electron chi connectivity index (χ4n) is 0.989. The van der Waals surface area contributed by atoms with E-state index >= 15 is 0 Å². The van der Waals surface area contributed by atoms with Gasteiger partial charge < -0.3 is 9.63 Å². The van der Waals surface area contributed by atoms with Crippen molar-refractivity contribution >= 4 is 32.1 Å². The molecule has 110 valence electrons. The van der Waals surface area contributed by atoms with E-state index in [1.165, 1.54) is 0 Å². The Balaban J connectivity index is 0. The topological polar surface area (TPSA) is 29.5 Å². The Labute approximate surface area is 150 Å². The van der Waals surface area contributed by atoms with E-state index < -0.39 is 0 Å². The zero-order valence-corrected chi connectivity index (χ0v) is 16.3. The Hall–Kier alpha value is -1.07. The maximum Gasteiger partial charge on any atom is 0 e. The fourth-order valence-corrected chi connectivity index (χ4v) is 1.06. The van der Waals surface area contributed by atoms with Crippen molar-refractivity contribution in [2.75, 3.05) is 0 Å². The minimum absolute atomic E-state index is 0. The Bertz CT molecular complexity index is 418. The second-order valence-corrected chi connectivity index (χ2v) is 4.44. The van der Waals surface area contributed by atoms with E-state index in [1.54, 1.807) is 0 Å². The number of benzene rings is 2. The minimum atomic E-state index is 0. The molecule has 0 N–H and O–H groups in total. The van der Waals surface area contributed by atoms with Crippen LogP contribution in [-0.2, 0) is 29.1 Å². The van der Waals surface area contributed by atoms with Gasteiger partial charge in [0.15, 0.2) is 0 Å². The summed E-state index contributed by atoms with van der Waals surface area (Å²) >= 11 is 6.78. The fraction of sp³-hybridized carbons (Fsp3) is 0. The average Bonchev–Trinajstić information content (AvgIpc) is 2.42. The first kappa shape index (κ1) is 22.2. The molecule has 6 heteroatoms. The standard InChI is InChI=1S/2C7H7.CH2NO2S2.Zn/c2*1-7-5-3-2-4-6-7;3-1-4-2(5)6;/h2*2-6H,1H2;5-6H;/q3*-1;. The van der Waals surface area contributed by atoms with Crippen molar-refractivity contribution in [1.82, 2.24) is 3.87 Å². The molecule has 2 aromatic rings. The van der Waals surface area contributed by atoms with Crippen LogP contribution >= 0.6 is 25.6 Å². The third kappa shape index (κ3) is 16.9. The van der Waals surface area contributed by atoms with Crippen LogP contribution in [0.15, 0.2) is 60.7 Å². The monoisotopic (exact) mass is 370 g/mol. The minimum Gasteiger partial charge on any atom is -0.553 e. The van der Waals surface area contributed by atoms with Crippen LogP contribution in [0, 0.1) is 13.8 Å². The normalized spacial score (nSPS) is 8.14. The first-order valence-corrected chi connectivity index (χ1v) is 6.32. The number of hydrogen-bond acceptors (Lipinski definition) is 5. The van der Waals surface area contributed by atoms with Crippen molar-refractivity contribution < 1.29 is 29.1 Å². The van der Waals surface area contributed by atoms with Crippen LogP contribution in [0.5, 0.6) is 0 Å². The molecule has 0 heterocycles. The number of hydrogen-bond donors (Lipinski definition) is 2. The molecule has 21 heavy (non-hydrogen) atoms. The molecule has 0 unspecified atom stereocenters. The molecule has 0 saturated carbocycles. The second-order valence-electron chi connectivity index (χ2n) is 3.40. The van der Waals surface area contributed by atoms with Crippen molar-refractivity contribution in [3.63, 3.8) is 0 Å². The van der Waals surface area contributed by atoms with Crippen LogP contribution in [-0.4, -0.2) is 10.3 Å². The van der Waals surface area contributed by atoms with Gasteiger partial charge in [0.25, 0.3) is 0 Å². The zero-order chi connectivity index (χ0) is 15.2. The predicted molar refractivity (Wildman–Crippen MR) is 88.4 cm³/mol. The van der Waals surface area contributed by atoms with E-state index in [9.17, 15) is 0 Å². The second kappa shape index (κ2) is 15.3. The number of nitrogens with zero attached hydrogens (tertiary/aromatic N) is 1. The first-order valence-electron chi connectivity index (χ1n) is 5.52. The van der Waals surface area contributed by atoms with Gasteiger partial charge in [0.05, 0.1) is 0 Å². The Morgan fingerprint density at radius 1 is 0.857 bits per heavy atom. The molecular weight excluding hydrogens is 356 g/mol. The summed E-state index contributed by atoms with van der Waals surface area (Å²) in [6.07, 6.45) is 0. The summed E-state index contributed by atoms with van der Waals surface area (Å²) in [5, 5.41) is 0. The quantitative estimate of drug-likeness (QED) is 0.365. The van der Waals surface area contributed by atoms with Crippen molar-refractivity contribution in [3.05, 3.63) is 85.6 Å². The molecule has 0 atom stereocenters. The number of carbonyl (C=O) groups excluding carboxylic acids is 1. The van der Waals surface area contributed by atoms with Crippen molar-refractivity contribution in [2.45, 2.75) is 0 Å². The maximum absolute atomic E-state index is 9.13. The summed E-state index contributed by atoms with van der Waals surface area (Å²) in [7, 11) is 0. The summed E-state index contributed by atoms with van der Waals surface area (Å²) in [5.41, 5.74) is 2.14. The van der Waals surface area contributed by atoms with Crippen LogP contribution in [0.4, 0.5) is 0 Å². The Kier molecular flexibility index (Phi) is 16.2. The molecule has 0 aromatic heterocycles. The van der Waals surface area contributed by atoms with Gasteiger partial charge in [0, 0.05) is 19.5 Å². The van der Waals surface area contributed by atoms with Gasteiger partial charge in [0.1, 0.15) is 0 Å². The Morgan fingerprint density at radius 2 is 1.19 bits per heavy atom. The molecular formula is C15H16NO2S2Zn-3. The average molecular weight is 372 g/mol. The van der Waals surface area contributed by atoms with Gasteiger partial charge >= 0.3 is 0 Å². The van der Waals surface area contributed by atoms with E-state index in [4.69, 9.17) is 4.79 Å². The molecule has 0 spiro atoms. The summed E-state index contributed by atoms with van der Waals surface area (Å²) in [5.74, 6) is 0. The van der Waals surface area contributed by atoms with Gasteiger partial charge in [-0.15, -0.1) is 24.3 Å². The largest absolute Gasteiger partial charge is 0.553 e. The molecule has 2 aromatic carbocycles. The van der Waals surface area contributed by atoms with Crippen molar-refractivity contribution in [2.24, 2.45) is 0 Å². The summed E-state index contributed by atoms with van der Waals surface area (Å²) in [4.78, 5) is 12.9. The molecule has 0 bridgehead atoms. The van der Waals surface area contributed by atoms with Gasteiger partial charge in [-0.25, -0.2) is 0 Å². The maximum atomic E-state index is 9.13. The van der Waals surface area contributed by atoms with Crippen LogP contribution in [0.2, 0.25) is 0 Å². The zero-order valence-electron chi connectivity index (χ0n) is 11.6. The van der Waals surface area contributed by atoms with E-state index in [-0.39, 0.29) is 19.5 Å². The van der Waals surface area contributed by atoms with Gasteiger partial charge in [0.2, 0.25) is 0 Å². The van der Waals surface area contributed by atoms with Crippen LogP contribution in [0.25, 0.3) is 0 Å².